The van der Waals surface area contributed by atoms with Crippen LogP contribution >= 0.6 is 0 Å². The number of hydrogen-bond acceptors (Lipinski definition) is 4. The number of oxime groups is 1. The van der Waals surface area contributed by atoms with Crippen molar-refractivity contribution in [3.05, 3.63) is 64.7 Å². The third kappa shape index (κ3) is 5.28. The fraction of sp³-hybridized carbons (Fsp3) is 0.581. The van der Waals surface area contributed by atoms with E-state index in [0.717, 1.165) is 36.5 Å². The number of fused-ring (bicyclic) bond motifs is 3. The van der Waals surface area contributed by atoms with E-state index in [2.05, 4.69) is 68.5 Å². The third-order valence-electron chi connectivity index (χ3n) is 8.86. The van der Waals surface area contributed by atoms with E-state index in [-0.39, 0.29) is 5.41 Å². The zero-order valence-electron chi connectivity index (χ0n) is 22.6. The number of hydrogen-bond donors (Lipinski definition) is 1. The minimum absolute atomic E-state index is 0.281. The second-order valence-corrected chi connectivity index (χ2v) is 11.5. The molecule has 0 aliphatic heterocycles. The highest BCUT2D eigenvalue weighted by molar-refractivity contribution is 6.00. The standard InChI is InChI=1S/C31H44N2O2/c1-22(2)24-10-14-27-25(20-24)11-15-29-30(3,17-7-18-31(27,29)4)21-32-19-16-28(33-35-6)23-8-12-26(34-5)13-9-23/h8-10,12-14,20,22,29,32H,7,11,15-19,21H2,1-6H3/b33-28-/t29-,30-,31+/m0/s1. The lowest BCUT2D eigenvalue weighted by atomic mass is 9.49. The minimum Gasteiger partial charge on any atom is -0.497 e. The van der Waals surface area contributed by atoms with E-state index in [1.807, 2.05) is 12.1 Å². The quantitative estimate of drug-likeness (QED) is 0.244. The second-order valence-electron chi connectivity index (χ2n) is 11.5. The van der Waals surface area contributed by atoms with Crippen LogP contribution in [0.2, 0.25) is 0 Å². The summed E-state index contributed by atoms with van der Waals surface area (Å²) >= 11 is 0. The lowest BCUT2D eigenvalue weighted by Gasteiger charge is -2.55. The van der Waals surface area contributed by atoms with Gasteiger partial charge in [0.15, 0.2) is 0 Å². The van der Waals surface area contributed by atoms with Crippen molar-refractivity contribution in [2.24, 2.45) is 16.5 Å². The van der Waals surface area contributed by atoms with E-state index >= 15 is 0 Å². The molecule has 4 nitrogen and oxygen atoms in total. The smallest absolute Gasteiger partial charge is 0.118 e. The summed E-state index contributed by atoms with van der Waals surface area (Å²) < 4.78 is 5.29. The zero-order chi connectivity index (χ0) is 25.1. The van der Waals surface area contributed by atoms with E-state index in [9.17, 15) is 0 Å². The third-order valence-corrected chi connectivity index (χ3v) is 8.86. The molecule has 190 valence electrons. The summed E-state index contributed by atoms with van der Waals surface area (Å²) in [7, 11) is 3.31. The molecule has 0 aromatic heterocycles. The molecule has 0 heterocycles. The second kappa shape index (κ2) is 10.7. The van der Waals surface area contributed by atoms with E-state index in [1.54, 1.807) is 25.3 Å². The summed E-state index contributed by atoms with van der Waals surface area (Å²) in [5.74, 6) is 2.16. The van der Waals surface area contributed by atoms with Crippen molar-refractivity contribution in [3.63, 3.8) is 0 Å². The summed E-state index contributed by atoms with van der Waals surface area (Å²) in [6.45, 7) is 11.6. The highest BCUT2D eigenvalue weighted by Crippen LogP contribution is 2.57. The van der Waals surface area contributed by atoms with Gasteiger partial charge in [0, 0.05) is 19.5 Å². The number of benzene rings is 2. The Hall–Kier alpha value is -2.33. The number of nitrogens with zero attached hydrogens (tertiary/aromatic N) is 1. The first kappa shape index (κ1) is 25.8. The van der Waals surface area contributed by atoms with E-state index < -0.39 is 0 Å². The Morgan fingerprint density at radius 3 is 2.54 bits per heavy atom. The van der Waals surface area contributed by atoms with Crippen LogP contribution in [0.15, 0.2) is 47.6 Å². The topological polar surface area (TPSA) is 42.8 Å². The molecule has 35 heavy (non-hydrogen) atoms. The van der Waals surface area contributed by atoms with Crippen LogP contribution in [0.25, 0.3) is 0 Å². The largest absolute Gasteiger partial charge is 0.497 e. The number of ether oxygens (including phenoxy) is 1. The Bertz CT molecular complexity index is 1030. The maximum Gasteiger partial charge on any atom is 0.118 e. The molecule has 0 spiro atoms. The van der Waals surface area contributed by atoms with Gasteiger partial charge in [0.1, 0.15) is 12.9 Å². The normalized spacial score (nSPS) is 26.3. The molecule has 1 fully saturated rings. The van der Waals surface area contributed by atoms with Crippen molar-refractivity contribution < 1.29 is 9.57 Å². The molecule has 0 bridgehead atoms. The maximum absolute atomic E-state index is 5.29. The molecule has 2 aliphatic carbocycles. The van der Waals surface area contributed by atoms with E-state index in [4.69, 9.17) is 9.57 Å². The summed E-state index contributed by atoms with van der Waals surface area (Å²) in [4.78, 5) is 5.15. The van der Waals surface area contributed by atoms with Gasteiger partial charge in [-0.05, 0) is 94.9 Å². The van der Waals surface area contributed by atoms with Crippen LogP contribution in [0.1, 0.15) is 88.0 Å². The lowest BCUT2D eigenvalue weighted by molar-refractivity contribution is 0.0262. The molecule has 4 rings (SSSR count). The molecule has 2 aromatic carbocycles. The fourth-order valence-corrected chi connectivity index (χ4v) is 6.93. The van der Waals surface area contributed by atoms with E-state index in [0.29, 0.717) is 17.3 Å². The molecular formula is C31H44N2O2. The van der Waals surface area contributed by atoms with E-state index in [1.165, 1.54) is 37.7 Å². The molecule has 4 heteroatoms. The van der Waals surface area contributed by atoms with Crippen LogP contribution in [0.5, 0.6) is 5.75 Å². The Morgan fingerprint density at radius 2 is 1.86 bits per heavy atom. The van der Waals surface area contributed by atoms with Gasteiger partial charge in [0.25, 0.3) is 0 Å². The van der Waals surface area contributed by atoms with Crippen LogP contribution < -0.4 is 10.1 Å². The molecule has 0 amide bonds. The molecule has 3 atom stereocenters. The van der Waals surface area contributed by atoms with Crippen molar-refractivity contribution in [3.8, 4) is 5.75 Å². The van der Waals surface area contributed by atoms with Gasteiger partial charge in [0.2, 0.25) is 0 Å². The van der Waals surface area contributed by atoms with Gasteiger partial charge < -0.3 is 14.9 Å². The summed E-state index contributed by atoms with van der Waals surface area (Å²) in [6, 6.07) is 15.4. The minimum atomic E-state index is 0.281. The highest BCUT2D eigenvalue weighted by atomic mass is 16.6. The monoisotopic (exact) mass is 476 g/mol. The van der Waals surface area contributed by atoms with Gasteiger partial charge in [-0.3, -0.25) is 0 Å². The number of methoxy groups -OCH3 is 1. The van der Waals surface area contributed by atoms with Crippen LogP contribution in [0.3, 0.4) is 0 Å². The number of aryl methyl sites for hydroxylation is 1. The molecule has 0 radical (unpaired) electrons. The van der Waals surface area contributed by atoms with Crippen LogP contribution in [0, 0.1) is 11.3 Å². The van der Waals surface area contributed by atoms with Crippen molar-refractivity contribution >= 4 is 5.71 Å². The highest BCUT2D eigenvalue weighted by Gasteiger charge is 2.51. The zero-order valence-corrected chi connectivity index (χ0v) is 22.6. The number of rotatable bonds is 9. The molecule has 1 N–H and O–H groups in total. The average molecular weight is 477 g/mol. The van der Waals surface area contributed by atoms with Gasteiger partial charge >= 0.3 is 0 Å². The maximum atomic E-state index is 5.29. The van der Waals surface area contributed by atoms with Crippen molar-refractivity contribution in [1.82, 2.24) is 5.32 Å². The fourth-order valence-electron chi connectivity index (χ4n) is 6.93. The molecule has 2 aliphatic rings. The Morgan fingerprint density at radius 1 is 1.09 bits per heavy atom. The van der Waals surface area contributed by atoms with Crippen LogP contribution in [-0.4, -0.2) is 33.0 Å². The van der Waals surface area contributed by atoms with Gasteiger partial charge in [-0.2, -0.15) is 0 Å². The predicted molar refractivity (Wildman–Crippen MR) is 146 cm³/mol. The number of nitrogens with one attached hydrogen (secondary N) is 1. The van der Waals surface area contributed by atoms with Crippen molar-refractivity contribution in [2.45, 2.75) is 77.6 Å². The predicted octanol–water partition coefficient (Wildman–Crippen LogP) is 6.86. The average Bonchev–Trinajstić information content (AvgIpc) is 2.85. The molecule has 0 saturated heterocycles. The molecule has 2 aromatic rings. The molecular weight excluding hydrogens is 432 g/mol. The summed E-state index contributed by atoms with van der Waals surface area (Å²) in [5.41, 5.74) is 7.34. The Balaban J connectivity index is 1.42. The van der Waals surface area contributed by atoms with Crippen LogP contribution in [-0.2, 0) is 16.7 Å². The Labute approximate surface area is 212 Å². The van der Waals surface area contributed by atoms with Gasteiger partial charge in [0.05, 0.1) is 12.8 Å². The first-order chi connectivity index (χ1) is 16.8. The SMILES string of the molecule is CO/N=C(/CCNC[C@]1(C)CCC[C@]2(C)c3ccc(C(C)C)cc3CC[C@@H]12)c1ccc(OC)cc1. The molecule has 0 unspecified atom stereocenters. The molecule has 1 saturated carbocycles. The first-order valence-electron chi connectivity index (χ1n) is 13.4. The summed E-state index contributed by atoms with van der Waals surface area (Å²) in [6.07, 6.45) is 7.26. The Kier molecular flexibility index (Phi) is 7.90. The van der Waals surface area contributed by atoms with Gasteiger partial charge in [-0.25, -0.2) is 0 Å². The summed E-state index contributed by atoms with van der Waals surface area (Å²) in [5, 5.41) is 8.12. The van der Waals surface area contributed by atoms with Crippen molar-refractivity contribution in [2.75, 3.05) is 27.3 Å². The van der Waals surface area contributed by atoms with Gasteiger partial charge in [-0.15, -0.1) is 0 Å². The lowest BCUT2D eigenvalue weighted by Crippen LogP contribution is -2.52. The van der Waals surface area contributed by atoms with Crippen LogP contribution in [0.4, 0.5) is 0 Å². The van der Waals surface area contributed by atoms with Crippen molar-refractivity contribution in [1.29, 1.82) is 0 Å². The first-order valence-corrected chi connectivity index (χ1v) is 13.4. The van der Waals surface area contributed by atoms with Gasteiger partial charge in [-0.1, -0.05) is 57.5 Å².